The number of carbonyl (C=O) groups is 1. The van der Waals surface area contributed by atoms with Gasteiger partial charge < -0.3 is 0 Å². The first kappa shape index (κ1) is 14.9. The summed E-state index contributed by atoms with van der Waals surface area (Å²) in [5.41, 5.74) is 0. The third-order valence-electron chi connectivity index (χ3n) is 4.21. The van der Waals surface area contributed by atoms with Crippen LogP contribution in [0.1, 0.15) is 46.0 Å². The number of ketones is 1. The normalized spacial score (nSPS) is 27.8. The van der Waals surface area contributed by atoms with Crippen molar-refractivity contribution in [1.82, 2.24) is 8.61 Å². The fraction of sp³-hybridized carbons (Fsp3) is 0.923. The summed E-state index contributed by atoms with van der Waals surface area (Å²) in [4.78, 5) is 11.3. The van der Waals surface area contributed by atoms with Crippen LogP contribution >= 0.6 is 0 Å². The molecule has 2 fully saturated rings. The summed E-state index contributed by atoms with van der Waals surface area (Å²) >= 11 is 0. The lowest BCUT2D eigenvalue weighted by atomic mass is 10.0. The summed E-state index contributed by atoms with van der Waals surface area (Å²) in [6, 6.07) is -0.123. The lowest BCUT2D eigenvalue weighted by molar-refractivity contribution is -0.117. The Labute approximate surface area is 116 Å². The molecular formula is C13H24N2O3S. The highest BCUT2D eigenvalue weighted by Crippen LogP contribution is 2.28. The van der Waals surface area contributed by atoms with Crippen molar-refractivity contribution in [3.8, 4) is 0 Å². The first-order chi connectivity index (χ1) is 8.91. The molecule has 0 amide bonds. The molecule has 0 aliphatic carbocycles. The maximum atomic E-state index is 12.6. The molecule has 1 unspecified atom stereocenters. The highest BCUT2D eigenvalue weighted by molar-refractivity contribution is 7.86. The molecule has 2 heterocycles. The van der Waals surface area contributed by atoms with Gasteiger partial charge in [0.1, 0.15) is 5.78 Å². The average Bonchev–Trinajstić information content (AvgIpc) is 2.77. The fourth-order valence-corrected chi connectivity index (χ4v) is 4.90. The van der Waals surface area contributed by atoms with E-state index in [0.717, 1.165) is 25.7 Å². The number of piperidine rings is 1. The molecule has 2 saturated heterocycles. The standard InChI is InChI=1S/C13H24N2O3S/c1-11-5-8-14(9-6-11)19(17,18)15-7-3-4-13(15)10-12(2)16/h11,13H,3-10H2,1-2H3. The molecule has 2 aliphatic heterocycles. The molecule has 5 nitrogen and oxygen atoms in total. The van der Waals surface area contributed by atoms with Crippen LogP contribution in [0.25, 0.3) is 0 Å². The Morgan fingerprint density at radius 1 is 1.16 bits per heavy atom. The van der Waals surface area contributed by atoms with Gasteiger partial charge in [-0.25, -0.2) is 0 Å². The Morgan fingerprint density at radius 3 is 2.37 bits per heavy atom. The third kappa shape index (κ3) is 3.35. The average molecular weight is 288 g/mol. The van der Waals surface area contributed by atoms with Crippen molar-refractivity contribution < 1.29 is 13.2 Å². The van der Waals surface area contributed by atoms with Crippen molar-refractivity contribution in [2.75, 3.05) is 19.6 Å². The molecule has 0 aromatic rings. The van der Waals surface area contributed by atoms with Gasteiger partial charge in [0.25, 0.3) is 10.2 Å². The Bertz CT molecular complexity index is 427. The molecule has 6 heteroatoms. The van der Waals surface area contributed by atoms with Gasteiger partial charge in [0.2, 0.25) is 0 Å². The van der Waals surface area contributed by atoms with E-state index >= 15 is 0 Å². The SMILES string of the molecule is CC(=O)CC1CCCN1S(=O)(=O)N1CCC(C)CC1. The van der Waals surface area contributed by atoms with Gasteiger partial charge in [0.05, 0.1) is 0 Å². The minimum Gasteiger partial charge on any atom is -0.300 e. The van der Waals surface area contributed by atoms with E-state index in [4.69, 9.17) is 0 Å². The summed E-state index contributed by atoms with van der Waals surface area (Å²) in [5.74, 6) is 0.678. The zero-order chi connectivity index (χ0) is 14.0. The third-order valence-corrected chi connectivity index (χ3v) is 6.30. The molecule has 0 radical (unpaired) electrons. The van der Waals surface area contributed by atoms with Crippen LogP contribution in [0.5, 0.6) is 0 Å². The molecule has 0 N–H and O–H groups in total. The topological polar surface area (TPSA) is 57.7 Å². The van der Waals surface area contributed by atoms with Crippen molar-refractivity contribution in [2.45, 2.75) is 52.0 Å². The van der Waals surface area contributed by atoms with Crippen LogP contribution in [0.2, 0.25) is 0 Å². The van der Waals surface area contributed by atoms with Gasteiger partial charge in [0.15, 0.2) is 0 Å². The predicted octanol–water partition coefficient (Wildman–Crippen LogP) is 1.41. The Morgan fingerprint density at radius 2 is 1.79 bits per heavy atom. The van der Waals surface area contributed by atoms with Crippen LogP contribution in [0.4, 0.5) is 0 Å². The first-order valence-corrected chi connectivity index (χ1v) is 8.57. The van der Waals surface area contributed by atoms with Gasteiger partial charge in [-0.15, -0.1) is 0 Å². The van der Waals surface area contributed by atoms with Crippen LogP contribution in [0.3, 0.4) is 0 Å². The predicted molar refractivity (Wildman–Crippen MR) is 73.9 cm³/mol. The van der Waals surface area contributed by atoms with E-state index < -0.39 is 10.2 Å². The summed E-state index contributed by atoms with van der Waals surface area (Å²) in [6.07, 6.45) is 3.89. The second-order valence-electron chi connectivity index (χ2n) is 5.90. The Hall–Kier alpha value is -0.460. The lowest BCUT2D eigenvalue weighted by Gasteiger charge is -2.34. The summed E-state index contributed by atoms with van der Waals surface area (Å²) < 4.78 is 28.4. The van der Waals surface area contributed by atoms with Gasteiger partial charge in [-0.05, 0) is 38.5 Å². The van der Waals surface area contributed by atoms with Crippen LogP contribution in [-0.2, 0) is 15.0 Å². The molecule has 1 atom stereocenters. The Balaban J connectivity index is 2.08. The van der Waals surface area contributed by atoms with Crippen LogP contribution in [0, 0.1) is 5.92 Å². The molecule has 19 heavy (non-hydrogen) atoms. The van der Waals surface area contributed by atoms with Gasteiger partial charge in [-0.2, -0.15) is 17.0 Å². The van der Waals surface area contributed by atoms with E-state index in [1.807, 2.05) is 0 Å². The second-order valence-corrected chi connectivity index (χ2v) is 7.78. The van der Waals surface area contributed by atoms with Gasteiger partial charge in [-0.1, -0.05) is 6.92 Å². The molecule has 2 aliphatic rings. The molecule has 0 aromatic carbocycles. The second kappa shape index (κ2) is 5.89. The van der Waals surface area contributed by atoms with E-state index in [9.17, 15) is 13.2 Å². The first-order valence-electron chi connectivity index (χ1n) is 7.17. The molecule has 0 bridgehead atoms. The number of nitrogens with zero attached hydrogens (tertiary/aromatic N) is 2. The lowest BCUT2D eigenvalue weighted by Crippen LogP contribution is -2.48. The van der Waals surface area contributed by atoms with E-state index in [2.05, 4.69) is 6.92 Å². The minimum atomic E-state index is -3.37. The zero-order valence-electron chi connectivity index (χ0n) is 11.8. The monoisotopic (exact) mass is 288 g/mol. The fourth-order valence-electron chi connectivity index (χ4n) is 3.01. The molecule has 0 saturated carbocycles. The van der Waals surface area contributed by atoms with Crippen LogP contribution in [0.15, 0.2) is 0 Å². The Kier molecular flexibility index (Phi) is 4.63. The molecule has 0 aromatic heterocycles. The van der Waals surface area contributed by atoms with Crippen molar-refractivity contribution in [3.05, 3.63) is 0 Å². The number of carbonyl (C=O) groups excluding carboxylic acids is 1. The highest BCUT2D eigenvalue weighted by Gasteiger charge is 2.39. The number of hydrogen-bond acceptors (Lipinski definition) is 3. The zero-order valence-corrected chi connectivity index (χ0v) is 12.7. The van der Waals surface area contributed by atoms with Gasteiger partial charge in [-0.3, -0.25) is 4.79 Å². The van der Waals surface area contributed by atoms with Crippen LogP contribution < -0.4 is 0 Å². The summed E-state index contributed by atoms with van der Waals surface area (Å²) in [5, 5.41) is 0. The smallest absolute Gasteiger partial charge is 0.282 e. The van der Waals surface area contributed by atoms with E-state index in [-0.39, 0.29) is 11.8 Å². The van der Waals surface area contributed by atoms with Crippen molar-refractivity contribution >= 4 is 16.0 Å². The maximum Gasteiger partial charge on any atom is 0.282 e. The van der Waals surface area contributed by atoms with Gasteiger partial charge in [0, 0.05) is 32.1 Å². The van der Waals surface area contributed by atoms with E-state index in [1.54, 1.807) is 8.61 Å². The number of rotatable bonds is 4. The molecule has 2 rings (SSSR count). The number of Topliss-reactive ketones (excluding diaryl/α,β-unsaturated/α-hetero) is 1. The molecular weight excluding hydrogens is 264 g/mol. The van der Waals surface area contributed by atoms with Crippen molar-refractivity contribution in [2.24, 2.45) is 5.92 Å². The summed E-state index contributed by atoms with van der Waals surface area (Å²) in [7, 11) is -3.37. The van der Waals surface area contributed by atoms with E-state index in [1.165, 1.54) is 6.92 Å². The quantitative estimate of drug-likeness (QED) is 0.786. The van der Waals surface area contributed by atoms with E-state index in [0.29, 0.717) is 32.0 Å². The van der Waals surface area contributed by atoms with Gasteiger partial charge >= 0.3 is 0 Å². The highest BCUT2D eigenvalue weighted by atomic mass is 32.2. The maximum absolute atomic E-state index is 12.6. The van der Waals surface area contributed by atoms with Crippen molar-refractivity contribution in [3.63, 3.8) is 0 Å². The molecule has 110 valence electrons. The number of hydrogen-bond donors (Lipinski definition) is 0. The largest absolute Gasteiger partial charge is 0.300 e. The minimum absolute atomic E-state index is 0.0689. The van der Waals surface area contributed by atoms with Crippen molar-refractivity contribution in [1.29, 1.82) is 0 Å². The molecule has 0 spiro atoms. The summed E-state index contributed by atoms with van der Waals surface area (Å²) in [6.45, 7) is 5.50. The van der Waals surface area contributed by atoms with Crippen LogP contribution in [-0.4, -0.2) is 48.5 Å².